The molecule has 8 aromatic rings. The molecule has 4 nitrogen and oxygen atoms in total. The van der Waals surface area contributed by atoms with E-state index in [1.165, 1.54) is 46.9 Å². The van der Waals surface area contributed by atoms with Gasteiger partial charge in [-0.25, -0.2) is 0 Å². The summed E-state index contributed by atoms with van der Waals surface area (Å²) in [6.45, 7) is 0.116. The van der Waals surface area contributed by atoms with Crippen LogP contribution in [0.25, 0.3) is 61.1 Å². The minimum absolute atomic E-state index is 0. The summed E-state index contributed by atoms with van der Waals surface area (Å²) in [7, 11) is 0. The van der Waals surface area contributed by atoms with Gasteiger partial charge in [0.2, 0.25) is 0 Å². The van der Waals surface area contributed by atoms with Crippen LogP contribution in [-0.2, 0) is 25.5 Å². The van der Waals surface area contributed by atoms with Crippen molar-refractivity contribution in [3.63, 3.8) is 0 Å². The molecule has 0 aliphatic carbocycles. The second kappa shape index (κ2) is 12.7. The van der Waals surface area contributed by atoms with E-state index < -0.39 is 20.6 Å². The second-order valence-corrected chi connectivity index (χ2v) is 14.0. The Morgan fingerprint density at radius 1 is 0.673 bits per heavy atom. The SMILES string of the molecule is [2H]C([2H])([2H])c1c[c-]c(-c2ccc(C([2H])([2H])[2H])cn2)cc1.[2H]C([2H])([2H])c1cnc2c(c1)N1c3ccccc3-n3c4ccc(C(C)(C)C)cc4c4ccc(c1c43)-c1ccc[c-]c1-2.[Ir]. The average molecular weight is 860 g/mol. The van der Waals surface area contributed by atoms with E-state index in [4.69, 9.17) is 17.3 Å². The van der Waals surface area contributed by atoms with Crippen LogP contribution in [0.2, 0.25) is 0 Å². The van der Waals surface area contributed by atoms with Gasteiger partial charge in [0, 0.05) is 67.0 Å². The fourth-order valence-corrected chi connectivity index (χ4v) is 7.27. The molecule has 5 heteroatoms. The Hall–Kier alpha value is -5.35. The average Bonchev–Trinajstić information content (AvgIpc) is 3.48. The largest absolute Gasteiger partial charge is 0.313 e. The molecule has 0 saturated heterocycles. The summed E-state index contributed by atoms with van der Waals surface area (Å²) >= 11 is 0. The maximum Gasteiger partial charge on any atom is 0.0781 e. The number of aryl methyl sites for hydroxylation is 3. The fourth-order valence-electron chi connectivity index (χ4n) is 7.27. The summed E-state index contributed by atoms with van der Waals surface area (Å²) in [4.78, 5) is 11.1. The molecule has 52 heavy (non-hydrogen) atoms. The van der Waals surface area contributed by atoms with Gasteiger partial charge < -0.3 is 19.4 Å². The van der Waals surface area contributed by atoms with Crippen LogP contribution in [0.15, 0.2) is 122 Å². The van der Waals surface area contributed by atoms with Gasteiger partial charge in [0.1, 0.15) is 0 Å². The molecule has 0 spiro atoms. The van der Waals surface area contributed by atoms with Crippen LogP contribution in [0.3, 0.4) is 0 Å². The number of benzene rings is 5. The third kappa shape index (κ3) is 5.39. The molecule has 5 heterocycles. The molecule has 257 valence electrons. The van der Waals surface area contributed by atoms with Crippen LogP contribution in [0.1, 0.15) is 55.4 Å². The Labute approximate surface area is 331 Å². The maximum absolute atomic E-state index is 8.15. The van der Waals surface area contributed by atoms with Crippen molar-refractivity contribution in [1.82, 2.24) is 14.5 Å². The van der Waals surface area contributed by atoms with Gasteiger partial charge in [0.25, 0.3) is 0 Å². The van der Waals surface area contributed by atoms with Crippen molar-refractivity contribution in [3.05, 3.63) is 156 Å². The van der Waals surface area contributed by atoms with Crippen molar-refractivity contribution in [2.24, 2.45) is 0 Å². The topological polar surface area (TPSA) is 34.0 Å². The quantitative estimate of drug-likeness (QED) is 0.154. The van der Waals surface area contributed by atoms with Gasteiger partial charge in [0.05, 0.1) is 28.1 Å². The van der Waals surface area contributed by atoms with Gasteiger partial charge in [-0.1, -0.05) is 75.7 Å². The maximum atomic E-state index is 8.15. The Kier molecular flexibility index (Phi) is 6.05. The third-order valence-corrected chi connectivity index (χ3v) is 9.70. The summed E-state index contributed by atoms with van der Waals surface area (Å²) in [5.74, 6) is 0. The van der Waals surface area contributed by atoms with Crippen LogP contribution in [0.4, 0.5) is 17.1 Å². The number of aromatic nitrogens is 3. The molecule has 0 fully saturated rings. The van der Waals surface area contributed by atoms with E-state index >= 15 is 0 Å². The number of pyridine rings is 2. The normalized spacial score (nSPS) is 15.5. The van der Waals surface area contributed by atoms with Crippen molar-refractivity contribution in [3.8, 4) is 39.3 Å². The zero-order chi connectivity index (χ0) is 42.5. The van der Waals surface area contributed by atoms with Crippen molar-refractivity contribution in [2.45, 2.75) is 46.7 Å². The Morgan fingerprint density at radius 2 is 1.48 bits per heavy atom. The Balaban J connectivity index is 0.000000208. The molecule has 0 N–H and O–H groups in total. The summed E-state index contributed by atoms with van der Waals surface area (Å²) < 4.78 is 70.5. The molecule has 0 saturated carbocycles. The van der Waals surface area contributed by atoms with Crippen LogP contribution in [-0.4, -0.2) is 14.5 Å². The number of anilines is 3. The van der Waals surface area contributed by atoms with Gasteiger partial charge in [-0.3, -0.25) is 0 Å². The molecule has 2 aliphatic heterocycles. The summed E-state index contributed by atoms with van der Waals surface area (Å²) in [5.41, 5.74) is 12.9. The van der Waals surface area contributed by atoms with Crippen LogP contribution < -0.4 is 4.90 Å². The number of fused-ring (bicyclic) bond motifs is 11. The van der Waals surface area contributed by atoms with Crippen molar-refractivity contribution in [1.29, 1.82) is 0 Å². The van der Waals surface area contributed by atoms with E-state index in [0.717, 1.165) is 56.2 Å². The van der Waals surface area contributed by atoms with E-state index in [1.807, 2.05) is 18.2 Å². The molecule has 3 aromatic heterocycles. The minimum Gasteiger partial charge on any atom is -0.313 e. The number of nitrogens with zero attached hydrogens (tertiary/aromatic N) is 4. The Morgan fingerprint density at radius 3 is 2.23 bits per heavy atom. The van der Waals surface area contributed by atoms with Gasteiger partial charge in [-0.05, 0) is 77.4 Å². The molecule has 0 unspecified atom stereocenters. The van der Waals surface area contributed by atoms with Crippen molar-refractivity contribution >= 4 is 38.9 Å². The Bertz CT molecular complexity index is 2920. The third-order valence-electron chi connectivity index (χ3n) is 9.70. The van der Waals surface area contributed by atoms with Crippen molar-refractivity contribution in [2.75, 3.05) is 4.90 Å². The van der Waals surface area contributed by atoms with Crippen LogP contribution in [0.5, 0.6) is 0 Å². The van der Waals surface area contributed by atoms with E-state index in [-0.39, 0.29) is 42.2 Å². The zero-order valence-electron chi connectivity index (χ0n) is 37.7. The number of para-hydroxylation sites is 2. The van der Waals surface area contributed by atoms with Gasteiger partial charge in [-0.15, -0.1) is 65.2 Å². The molecule has 2 aliphatic rings. The summed E-state index contributed by atoms with van der Waals surface area (Å²) in [6, 6.07) is 41.3. The van der Waals surface area contributed by atoms with Crippen LogP contribution >= 0.6 is 0 Å². The first-order valence-electron chi connectivity index (χ1n) is 21.3. The van der Waals surface area contributed by atoms with Gasteiger partial charge in [0.15, 0.2) is 0 Å². The molecular weight excluding hydrogens is 813 g/mol. The van der Waals surface area contributed by atoms with E-state index in [0.29, 0.717) is 11.3 Å². The summed E-state index contributed by atoms with van der Waals surface area (Å²) in [6.07, 6.45) is 2.79. The molecule has 0 bridgehead atoms. The fraction of sp³-hybridized carbons (Fsp3) is 0.149. The molecule has 5 aromatic carbocycles. The van der Waals surface area contributed by atoms with E-state index in [1.54, 1.807) is 18.2 Å². The molecular formula is C47H38IrN4-2. The second-order valence-electron chi connectivity index (χ2n) is 14.0. The van der Waals surface area contributed by atoms with E-state index in [9.17, 15) is 0 Å². The van der Waals surface area contributed by atoms with Gasteiger partial charge >= 0.3 is 0 Å². The first-order valence-corrected chi connectivity index (χ1v) is 16.8. The number of hydrogen-bond acceptors (Lipinski definition) is 3. The molecule has 0 amide bonds. The predicted octanol–water partition coefficient (Wildman–Crippen LogP) is 12.2. The van der Waals surface area contributed by atoms with Gasteiger partial charge in [-0.2, -0.15) is 0 Å². The minimum atomic E-state index is -2.28. The van der Waals surface area contributed by atoms with Crippen molar-refractivity contribution < 1.29 is 32.4 Å². The number of hydrogen-bond donors (Lipinski definition) is 0. The first kappa shape index (κ1) is 24.8. The number of rotatable bonds is 1. The first-order chi connectivity index (χ1) is 28.3. The summed E-state index contributed by atoms with van der Waals surface area (Å²) in [5, 5.41) is 2.38. The molecule has 1 radical (unpaired) electrons. The standard InChI is InChI=1S/C34H26N3.C13H12N.Ir/c1-20-17-30-31(35-19-20)23-10-6-5-9-22(23)24-14-15-25-26-18-21(34(2,3)4)13-16-27(26)36-28-11-7-8-12-29(28)37(30)32(24)33(25)36;1-10-3-6-12(7-4-10)13-8-5-11(2)9-14-13;/h5-9,11-19H,1-4H3;3-6,8-9H,1-2H3;/q2*-1;/i1D3;1D3,2D3;. The molecule has 0 atom stereocenters. The monoisotopic (exact) mass is 860 g/mol. The van der Waals surface area contributed by atoms with Crippen LogP contribution in [0, 0.1) is 32.7 Å². The van der Waals surface area contributed by atoms with E-state index in [2.05, 4.69) is 102 Å². The predicted molar refractivity (Wildman–Crippen MR) is 212 cm³/mol. The smallest absolute Gasteiger partial charge is 0.0781 e. The zero-order valence-corrected chi connectivity index (χ0v) is 31.1. The molecule has 10 rings (SSSR count).